The van der Waals surface area contributed by atoms with Gasteiger partial charge < -0.3 is 10.2 Å². The van der Waals surface area contributed by atoms with Gasteiger partial charge in [-0.25, -0.2) is 0 Å². The number of benzene rings is 2. The van der Waals surface area contributed by atoms with Crippen LogP contribution in [0.2, 0.25) is 0 Å². The van der Waals surface area contributed by atoms with Crippen LogP contribution in [-0.4, -0.2) is 13.6 Å². The Bertz CT molecular complexity index is 610. The Morgan fingerprint density at radius 3 is 2.85 bits per heavy atom. The zero-order valence-electron chi connectivity index (χ0n) is 11.7. The van der Waals surface area contributed by atoms with E-state index in [1.54, 1.807) is 0 Å². The number of nitrogens with one attached hydrogen (secondary N) is 1. The van der Waals surface area contributed by atoms with Crippen molar-refractivity contribution in [3.05, 3.63) is 63.6 Å². The summed E-state index contributed by atoms with van der Waals surface area (Å²) < 4.78 is 1.20. The fourth-order valence-corrected chi connectivity index (χ4v) is 3.36. The SMILES string of the molecule is CNCc1ccc(CN2CCc3ccccc32)c(Br)c1. The molecule has 0 saturated heterocycles. The van der Waals surface area contributed by atoms with E-state index in [0.717, 1.165) is 26.1 Å². The largest absolute Gasteiger partial charge is 0.367 e. The summed E-state index contributed by atoms with van der Waals surface area (Å²) in [6.07, 6.45) is 1.16. The van der Waals surface area contributed by atoms with Gasteiger partial charge in [0.2, 0.25) is 0 Å². The van der Waals surface area contributed by atoms with Crippen LogP contribution in [0.1, 0.15) is 16.7 Å². The molecular weight excluding hydrogens is 312 g/mol. The minimum absolute atomic E-state index is 0.908. The van der Waals surface area contributed by atoms with Crippen molar-refractivity contribution in [3.63, 3.8) is 0 Å². The molecule has 0 aromatic heterocycles. The average Bonchev–Trinajstić information content (AvgIpc) is 2.86. The highest BCUT2D eigenvalue weighted by Crippen LogP contribution is 2.30. The molecule has 0 atom stereocenters. The summed E-state index contributed by atoms with van der Waals surface area (Å²) in [6.45, 7) is 2.99. The van der Waals surface area contributed by atoms with Crippen molar-refractivity contribution in [3.8, 4) is 0 Å². The van der Waals surface area contributed by atoms with Gasteiger partial charge in [-0.05, 0) is 42.3 Å². The molecule has 0 amide bonds. The van der Waals surface area contributed by atoms with E-state index in [9.17, 15) is 0 Å². The van der Waals surface area contributed by atoms with E-state index in [0.29, 0.717) is 0 Å². The Morgan fingerprint density at radius 1 is 1.20 bits per heavy atom. The van der Waals surface area contributed by atoms with E-state index in [2.05, 4.69) is 68.6 Å². The Morgan fingerprint density at radius 2 is 2.05 bits per heavy atom. The van der Waals surface area contributed by atoms with Crippen molar-refractivity contribution >= 4 is 21.6 Å². The first-order valence-corrected chi connectivity index (χ1v) is 7.82. The van der Waals surface area contributed by atoms with Crippen LogP contribution in [0.5, 0.6) is 0 Å². The van der Waals surface area contributed by atoms with E-state index in [-0.39, 0.29) is 0 Å². The van der Waals surface area contributed by atoms with E-state index in [1.807, 2.05) is 7.05 Å². The van der Waals surface area contributed by atoms with Crippen LogP contribution in [0.15, 0.2) is 46.9 Å². The van der Waals surface area contributed by atoms with Gasteiger partial charge in [0, 0.05) is 29.8 Å². The summed E-state index contributed by atoms with van der Waals surface area (Å²) in [4.78, 5) is 2.47. The zero-order valence-corrected chi connectivity index (χ0v) is 13.3. The normalized spacial score (nSPS) is 13.6. The lowest BCUT2D eigenvalue weighted by Crippen LogP contribution is -2.20. The van der Waals surface area contributed by atoms with Crippen LogP contribution in [-0.2, 0) is 19.5 Å². The van der Waals surface area contributed by atoms with Gasteiger partial charge in [0.15, 0.2) is 0 Å². The fourth-order valence-electron chi connectivity index (χ4n) is 2.81. The van der Waals surface area contributed by atoms with Crippen molar-refractivity contribution in [2.24, 2.45) is 0 Å². The highest BCUT2D eigenvalue weighted by molar-refractivity contribution is 9.10. The molecule has 2 aromatic carbocycles. The smallest absolute Gasteiger partial charge is 0.0440 e. The number of nitrogens with zero attached hydrogens (tertiary/aromatic N) is 1. The Kier molecular flexibility index (Phi) is 4.08. The molecule has 3 rings (SSSR count). The number of hydrogen-bond donors (Lipinski definition) is 1. The van der Waals surface area contributed by atoms with Gasteiger partial charge in [0.1, 0.15) is 0 Å². The summed E-state index contributed by atoms with van der Waals surface area (Å²) in [5.41, 5.74) is 5.51. The van der Waals surface area contributed by atoms with Crippen LogP contribution in [0, 0.1) is 0 Å². The van der Waals surface area contributed by atoms with Crippen LogP contribution < -0.4 is 10.2 Å². The number of para-hydroxylation sites is 1. The van der Waals surface area contributed by atoms with Gasteiger partial charge in [-0.15, -0.1) is 0 Å². The fraction of sp³-hybridized carbons (Fsp3) is 0.294. The van der Waals surface area contributed by atoms with E-state index in [4.69, 9.17) is 0 Å². The van der Waals surface area contributed by atoms with Crippen LogP contribution in [0.4, 0.5) is 5.69 Å². The molecule has 0 spiro atoms. The topological polar surface area (TPSA) is 15.3 Å². The standard InChI is InChI=1S/C17H19BrN2/c1-19-11-13-6-7-15(16(18)10-13)12-20-9-8-14-4-2-3-5-17(14)20/h2-7,10,19H,8-9,11-12H2,1H3. The summed E-state index contributed by atoms with van der Waals surface area (Å²) in [5, 5.41) is 3.19. The van der Waals surface area contributed by atoms with Crippen LogP contribution in [0.25, 0.3) is 0 Å². The van der Waals surface area contributed by atoms with Crippen LogP contribution in [0.3, 0.4) is 0 Å². The molecule has 20 heavy (non-hydrogen) atoms. The van der Waals surface area contributed by atoms with Gasteiger partial charge in [-0.3, -0.25) is 0 Å². The second kappa shape index (κ2) is 5.98. The molecule has 2 aromatic rings. The van der Waals surface area contributed by atoms with E-state index >= 15 is 0 Å². The van der Waals surface area contributed by atoms with E-state index in [1.165, 1.54) is 26.9 Å². The molecule has 1 aliphatic rings. The van der Waals surface area contributed by atoms with Crippen molar-refractivity contribution in [1.82, 2.24) is 5.32 Å². The molecule has 0 bridgehead atoms. The number of anilines is 1. The summed E-state index contributed by atoms with van der Waals surface area (Å²) in [5.74, 6) is 0. The molecule has 0 aliphatic carbocycles. The minimum Gasteiger partial charge on any atom is -0.367 e. The lowest BCUT2D eigenvalue weighted by molar-refractivity contribution is 0.810. The Labute approximate surface area is 128 Å². The average molecular weight is 331 g/mol. The third-order valence-electron chi connectivity index (χ3n) is 3.84. The second-order valence-electron chi connectivity index (χ2n) is 5.26. The molecule has 0 unspecified atom stereocenters. The molecule has 1 heterocycles. The van der Waals surface area contributed by atoms with Gasteiger partial charge in [-0.2, -0.15) is 0 Å². The van der Waals surface area contributed by atoms with E-state index < -0.39 is 0 Å². The molecule has 3 heteroatoms. The lowest BCUT2D eigenvalue weighted by atomic mass is 10.1. The zero-order chi connectivity index (χ0) is 13.9. The number of rotatable bonds is 4. The van der Waals surface area contributed by atoms with Crippen molar-refractivity contribution in [2.75, 3.05) is 18.5 Å². The maximum atomic E-state index is 3.71. The predicted octanol–water partition coefficient (Wildman–Crippen LogP) is 3.73. The maximum absolute atomic E-state index is 3.71. The third kappa shape index (κ3) is 2.74. The highest BCUT2D eigenvalue weighted by atomic mass is 79.9. The summed E-state index contributed by atoms with van der Waals surface area (Å²) >= 11 is 3.71. The molecule has 1 N–H and O–H groups in total. The first kappa shape index (κ1) is 13.7. The van der Waals surface area contributed by atoms with Crippen molar-refractivity contribution < 1.29 is 0 Å². The molecular formula is C17H19BrN2. The van der Waals surface area contributed by atoms with Crippen LogP contribution >= 0.6 is 15.9 Å². The molecule has 104 valence electrons. The Balaban J connectivity index is 1.79. The Hall–Kier alpha value is -1.32. The molecule has 0 saturated carbocycles. The number of halogens is 1. The van der Waals surface area contributed by atoms with Gasteiger partial charge >= 0.3 is 0 Å². The first-order valence-electron chi connectivity index (χ1n) is 7.02. The maximum Gasteiger partial charge on any atom is 0.0440 e. The third-order valence-corrected chi connectivity index (χ3v) is 4.58. The molecule has 2 nitrogen and oxygen atoms in total. The minimum atomic E-state index is 0.908. The predicted molar refractivity (Wildman–Crippen MR) is 88.1 cm³/mol. The molecule has 1 aliphatic heterocycles. The quantitative estimate of drug-likeness (QED) is 0.918. The second-order valence-corrected chi connectivity index (χ2v) is 6.11. The lowest BCUT2D eigenvalue weighted by Gasteiger charge is -2.20. The molecule has 0 fully saturated rings. The number of fused-ring (bicyclic) bond motifs is 1. The molecule has 0 radical (unpaired) electrons. The van der Waals surface area contributed by atoms with Gasteiger partial charge in [-0.1, -0.05) is 46.3 Å². The van der Waals surface area contributed by atoms with Crippen molar-refractivity contribution in [2.45, 2.75) is 19.5 Å². The highest BCUT2D eigenvalue weighted by Gasteiger charge is 2.18. The van der Waals surface area contributed by atoms with Gasteiger partial charge in [0.05, 0.1) is 0 Å². The first-order chi connectivity index (χ1) is 9.78. The van der Waals surface area contributed by atoms with Crippen molar-refractivity contribution in [1.29, 1.82) is 0 Å². The monoisotopic (exact) mass is 330 g/mol. The van der Waals surface area contributed by atoms with Gasteiger partial charge in [0.25, 0.3) is 0 Å². The number of hydrogen-bond acceptors (Lipinski definition) is 2. The summed E-state index contributed by atoms with van der Waals surface area (Å²) in [7, 11) is 1.98. The summed E-state index contributed by atoms with van der Waals surface area (Å²) in [6, 6.07) is 15.4.